The molecule has 5 heteroatoms. The first-order valence-corrected chi connectivity index (χ1v) is 3.10. The quantitative estimate of drug-likeness (QED) is 0.640. The van der Waals surface area contributed by atoms with Crippen LogP contribution in [0.1, 0.15) is 20.7 Å². The monoisotopic (exact) mass is 166 g/mol. The number of nitrogens with two attached hydrogens (primary N) is 1. The van der Waals surface area contributed by atoms with Gasteiger partial charge in [-0.25, -0.2) is 4.79 Å². The van der Waals surface area contributed by atoms with Crippen molar-refractivity contribution >= 4 is 11.9 Å². The van der Waals surface area contributed by atoms with Gasteiger partial charge in [0.25, 0.3) is 0 Å². The molecule has 1 aromatic heterocycles. The number of pyridine rings is 1. The van der Waals surface area contributed by atoms with E-state index in [1.54, 1.807) is 0 Å². The Balaban J connectivity index is 3.27. The molecular weight excluding hydrogens is 160 g/mol. The van der Waals surface area contributed by atoms with Crippen LogP contribution < -0.4 is 5.73 Å². The summed E-state index contributed by atoms with van der Waals surface area (Å²) in [6.45, 7) is 0. The molecule has 0 aromatic carbocycles. The van der Waals surface area contributed by atoms with Gasteiger partial charge in [0, 0.05) is 12.4 Å². The van der Waals surface area contributed by atoms with E-state index in [2.05, 4.69) is 4.98 Å². The van der Waals surface area contributed by atoms with E-state index in [-0.39, 0.29) is 11.1 Å². The molecule has 12 heavy (non-hydrogen) atoms. The minimum absolute atomic E-state index is 0.0301. The smallest absolute Gasteiger partial charge is 0.338 e. The molecule has 0 spiro atoms. The van der Waals surface area contributed by atoms with Gasteiger partial charge in [-0.1, -0.05) is 0 Å². The normalized spacial score (nSPS) is 9.33. The highest BCUT2D eigenvalue weighted by molar-refractivity contribution is 6.03. The summed E-state index contributed by atoms with van der Waals surface area (Å²) in [4.78, 5) is 24.7. The van der Waals surface area contributed by atoms with Gasteiger partial charge in [0.05, 0.1) is 11.1 Å². The Morgan fingerprint density at radius 3 is 2.50 bits per heavy atom. The number of carboxylic acid groups (broad SMARTS) is 1. The van der Waals surface area contributed by atoms with Crippen LogP contribution in [0.3, 0.4) is 0 Å². The summed E-state index contributed by atoms with van der Waals surface area (Å²) >= 11 is 0. The minimum atomic E-state index is -1.21. The lowest BCUT2D eigenvalue weighted by Crippen LogP contribution is -2.16. The summed E-state index contributed by atoms with van der Waals surface area (Å²) in [5.74, 6) is -1.98. The molecule has 0 aliphatic carbocycles. The highest BCUT2D eigenvalue weighted by Crippen LogP contribution is 2.04. The van der Waals surface area contributed by atoms with E-state index in [1.165, 1.54) is 12.3 Å². The van der Waals surface area contributed by atoms with E-state index in [0.717, 1.165) is 6.20 Å². The van der Waals surface area contributed by atoms with E-state index >= 15 is 0 Å². The van der Waals surface area contributed by atoms with Crippen LogP contribution in [-0.2, 0) is 0 Å². The van der Waals surface area contributed by atoms with Gasteiger partial charge < -0.3 is 10.8 Å². The summed E-state index contributed by atoms with van der Waals surface area (Å²) in [7, 11) is 0. The Bertz CT molecular complexity index is 302. The van der Waals surface area contributed by atoms with Crippen LogP contribution in [0.25, 0.3) is 0 Å². The summed E-state index contributed by atoms with van der Waals surface area (Å²) < 4.78 is 0. The maximum Gasteiger partial charge on any atom is 0.338 e. The highest BCUT2D eigenvalue weighted by Gasteiger charge is 2.12. The molecule has 0 radical (unpaired) electrons. The molecule has 1 rings (SSSR count). The zero-order valence-electron chi connectivity index (χ0n) is 6.02. The Kier molecular flexibility index (Phi) is 2.05. The first-order valence-electron chi connectivity index (χ1n) is 3.10. The van der Waals surface area contributed by atoms with Crippen LogP contribution >= 0.6 is 0 Å². The number of rotatable bonds is 2. The number of aromatic nitrogens is 1. The standard InChI is InChI=1S/C7H6N2O3/c8-6(10)4-1-2-9-3-5(4)7(11)12/h1-3H,(H2,8,10)(H,11,12). The second-order valence-corrected chi connectivity index (χ2v) is 2.09. The van der Waals surface area contributed by atoms with Gasteiger partial charge in [-0.05, 0) is 6.07 Å². The van der Waals surface area contributed by atoms with Crippen molar-refractivity contribution in [2.45, 2.75) is 0 Å². The molecule has 62 valence electrons. The van der Waals surface area contributed by atoms with Gasteiger partial charge in [0.1, 0.15) is 0 Å². The topological polar surface area (TPSA) is 93.3 Å². The molecule has 0 aliphatic rings. The van der Waals surface area contributed by atoms with Crippen molar-refractivity contribution in [1.82, 2.24) is 4.98 Å². The van der Waals surface area contributed by atoms with Gasteiger partial charge in [-0.2, -0.15) is 0 Å². The fourth-order valence-electron chi connectivity index (χ4n) is 0.780. The van der Waals surface area contributed by atoms with Crippen molar-refractivity contribution < 1.29 is 14.7 Å². The predicted molar refractivity (Wildman–Crippen MR) is 39.7 cm³/mol. The van der Waals surface area contributed by atoms with Crippen molar-refractivity contribution in [3.05, 3.63) is 29.6 Å². The average molecular weight is 166 g/mol. The van der Waals surface area contributed by atoms with Crippen LogP contribution in [0.5, 0.6) is 0 Å². The Hall–Kier alpha value is -1.91. The van der Waals surface area contributed by atoms with Crippen molar-refractivity contribution in [3.63, 3.8) is 0 Å². The molecule has 0 unspecified atom stereocenters. The Labute approximate surface area is 67.8 Å². The SMILES string of the molecule is NC(=O)c1ccncc1C(=O)O. The third-order valence-corrected chi connectivity index (χ3v) is 1.32. The van der Waals surface area contributed by atoms with Crippen molar-refractivity contribution in [1.29, 1.82) is 0 Å². The number of carboxylic acids is 1. The molecule has 1 heterocycles. The summed E-state index contributed by atoms with van der Waals surface area (Å²) in [6.07, 6.45) is 2.40. The van der Waals surface area contributed by atoms with E-state index in [9.17, 15) is 9.59 Å². The maximum absolute atomic E-state index is 10.7. The van der Waals surface area contributed by atoms with E-state index in [0.29, 0.717) is 0 Å². The van der Waals surface area contributed by atoms with Gasteiger partial charge >= 0.3 is 5.97 Å². The number of carbonyl (C=O) groups excluding carboxylic acids is 1. The van der Waals surface area contributed by atoms with Gasteiger partial charge in [-0.15, -0.1) is 0 Å². The molecule has 5 nitrogen and oxygen atoms in total. The van der Waals surface area contributed by atoms with E-state index in [4.69, 9.17) is 10.8 Å². The van der Waals surface area contributed by atoms with Crippen LogP contribution in [0.2, 0.25) is 0 Å². The first-order chi connectivity index (χ1) is 5.63. The van der Waals surface area contributed by atoms with Gasteiger partial charge in [-0.3, -0.25) is 9.78 Å². The largest absolute Gasteiger partial charge is 0.478 e. The van der Waals surface area contributed by atoms with Crippen LogP contribution in [-0.4, -0.2) is 22.0 Å². The second-order valence-electron chi connectivity index (χ2n) is 2.09. The average Bonchev–Trinajstić information content (AvgIpc) is 2.04. The van der Waals surface area contributed by atoms with Gasteiger partial charge in [0.2, 0.25) is 5.91 Å². The predicted octanol–water partition coefficient (Wildman–Crippen LogP) is -0.121. The molecular formula is C7H6N2O3. The molecule has 3 N–H and O–H groups in total. The molecule has 0 bridgehead atoms. The van der Waals surface area contributed by atoms with Crippen LogP contribution in [0.15, 0.2) is 18.5 Å². The first kappa shape index (κ1) is 8.19. The fraction of sp³-hybridized carbons (Fsp3) is 0. The minimum Gasteiger partial charge on any atom is -0.478 e. The van der Waals surface area contributed by atoms with E-state index in [1.807, 2.05) is 0 Å². The number of carbonyl (C=O) groups is 2. The summed E-state index contributed by atoms with van der Waals surface area (Å²) in [6, 6.07) is 1.27. The highest BCUT2D eigenvalue weighted by atomic mass is 16.4. The van der Waals surface area contributed by atoms with Crippen molar-refractivity contribution in [2.24, 2.45) is 5.73 Å². The third kappa shape index (κ3) is 1.39. The molecule has 1 aromatic rings. The molecule has 0 aliphatic heterocycles. The summed E-state index contributed by atoms with van der Waals surface area (Å²) in [5.41, 5.74) is 4.72. The lowest BCUT2D eigenvalue weighted by atomic mass is 10.1. The van der Waals surface area contributed by atoms with Gasteiger partial charge in [0.15, 0.2) is 0 Å². The number of amides is 1. The Morgan fingerprint density at radius 2 is 2.08 bits per heavy atom. The van der Waals surface area contributed by atoms with Crippen molar-refractivity contribution in [3.8, 4) is 0 Å². The Morgan fingerprint density at radius 1 is 1.42 bits per heavy atom. The summed E-state index contributed by atoms with van der Waals surface area (Å²) in [5, 5.41) is 8.57. The molecule has 0 atom stereocenters. The molecule has 1 amide bonds. The zero-order valence-corrected chi connectivity index (χ0v) is 6.02. The lowest BCUT2D eigenvalue weighted by Gasteiger charge is -1.98. The number of hydrogen-bond acceptors (Lipinski definition) is 3. The third-order valence-electron chi connectivity index (χ3n) is 1.32. The second kappa shape index (κ2) is 3.00. The van der Waals surface area contributed by atoms with Crippen LogP contribution in [0.4, 0.5) is 0 Å². The fourth-order valence-corrected chi connectivity index (χ4v) is 0.780. The maximum atomic E-state index is 10.7. The van der Waals surface area contributed by atoms with Crippen LogP contribution in [0, 0.1) is 0 Å². The van der Waals surface area contributed by atoms with Crippen molar-refractivity contribution in [2.75, 3.05) is 0 Å². The number of primary amides is 1. The van der Waals surface area contributed by atoms with E-state index < -0.39 is 11.9 Å². The number of hydrogen-bond donors (Lipinski definition) is 2. The lowest BCUT2D eigenvalue weighted by molar-refractivity contribution is 0.0691. The molecule has 0 fully saturated rings. The zero-order chi connectivity index (χ0) is 9.14. The molecule has 0 saturated heterocycles. The molecule has 0 saturated carbocycles. The number of nitrogens with zero attached hydrogens (tertiary/aromatic N) is 1. The number of aromatic carboxylic acids is 1.